The van der Waals surface area contributed by atoms with E-state index in [0.717, 1.165) is 63.9 Å². The summed E-state index contributed by atoms with van der Waals surface area (Å²) >= 11 is 1.66. The molecular formula is C38H50N8O6S. The average molecular weight is 747 g/mol. The van der Waals surface area contributed by atoms with Crippen LogP contribution in [0.4, 0.5) is 9.59 Å². The number of aromatic nitrogens is 2. The molecule has 3 aliphatic rings. The largest absolute Gasteiger partial charge is 0.453 e. The normalized spacial score (nSPS) is 21.0. The van der Waals surface area contributed by atoms with Crippen LogP contribution in [0.1, 0.15) is 76.8 Å². The summed E-state index contributed by atoms with van der Waals surface area (Å²) in [4.78, 5) is 69.8. The van der Waals surface area contributed by atoms with Crippen LogP contribution in [0.15, 0.2) is 47.6 Å². The third-order valence-corrected chi connectivity index (χ3v) is 11.5. The summed E-state index contributed by atoms with van der Waals surface area (Å²) < 4.78 is 9.51. The molecule has 53 heavy (non-hydrogen) atoms. The van der Waals surface area contributed by atoms with Crippen LogP contribution in [0.25, 0.3) is 21.0 Å². The molecule has 0 bridgehead atoms. The first kappa shape index (κ1) is 37.8. The molecule has 0 spiro atoms. The standard InChI is InChI=1S/C38H50N8O6S/c1-21(2)31(43-37(49)51-5)35(47)45-17-7-9-27(45)33-39-19-25(41-33)23-11-13-24(14-12-23)29-15-16-30(53-29)26-20-40-34(42-26)28-10-8-18-46(28)36(48)32(22(3)4)44-38(50)52-6/h11-16,20-22,25,27-28,31-32H,7-10,17-19H2,1-6H3,(H,39,41)(H,40,42)(H,43,49)(H,44,50)/t25?,27-,28-,31-,32-/m0/s1. The van der Waals surface area contributed by atoms with Gasteiger partial charge in [0.2, 0.25) is 11.8 Å². The number of rotatable bonds is 11. The number of benzene rings is 1. The minimum absolute atomic E-state index is 0.00195. The Bertz CT molecular complexity index is 1820. The van der Waals surface area contributed by atoms with E-state index in [1.165, 1.54) is 14.2 Å². The number of hydrogen-bond acceptors (Lipinski definition) is 10. The summed E-state index contributed by atoms with van der Waals surface area (Å²) in [6.07, 6.45) is 3.91. The number of nitrogens with one attached hydrogen (secondary N) is 4. The molecule has 2 saturated heterocycles. The fourth-order valence-electron chi connectivity index (χ4n) is 7.38. The molecule has 3 aromatic rings. The maximum atomic E-state index is 13.5. The number of nitrogens with zero attached hydrogens (tertiary/aromatic N) is 4. The molecule has 0 radical (unpaired) electrons. The van der Waals surface area contributed by atoms with E-state index < -0.39 is 24.3 Å². The van der Waals surface area contributed by atoms with E-state index in [2.05, 4.69) is 62.3 Å². The van der Waals surface area contributed by atoms with E-state index in [-0.39, 0.29) is 41.8 Å². The molecule has 284 valence electrons. The van der Waals surface area contributed by atoms with E-state index in [4.69, 9.17) is 14.5 Å². The van der Waals surface area contributed by atoms with Crippen molar-refractivity contribution in [2.45, 2.75) is 83.6 Å². The highest BCUT2D eigenvalue weighted by molar-refractivity contribution is 7.18. The van der Waals surface area contributed by atoms with Crippen molar-refractivity contribution in [3.8, 4) is 21.0 Å². The zero-order chi connectivity index (χ0) is 37.8. The predicted molar refractivity (Wildman–Crippen MR) is 202 cm³/mol. The van der Waals surface area contributed by atoms with Gasteiger partial charge < -0.3 is 40.2 Å². The molecule has 5 atom stereocenters. The van der Waals surface area contributed by atoms with Crippen molar-refractivity contribution in [1.82, 2.24) is 35.7 Å². The Hall–Kier alpha value is -4.92. The molecule has 4 amide bonds. The number of likely N-dealkylation sites (tertiary alicyclic amines) is 2. The number of hydrogen-bond donors (Lipinski definition) is 4. The second-order valence-electron chi connectivity index (χ2n) is 14.5. The van der Waals surface area contributed by atoms with Gasteiger partial charge in [0.1, 0.15) is 23.7 Å². The lowest BCUT2D eigenvalue weighted by Crippen LogP contribution is -2.54. The second kappa shape index (κ2) is 16.4. The van der Waals surface area contributed by atoms with Crippen LogP contribution in [0, 0.1) is 11.8 Å². The van der Waals surface area contributed by atoms with Crippen LogP contribution in [0.5, 0.6) is 0 Å². The Morgan fingerprint density at radius 1 is 0.811 bits per heavy atom. The van der Waals surface area contributed by atoms with Crippen LogP contribution in [-0.4, -0.2) is 102 Å². The van der Waals surface area contributed by atoms with Crippen molar-refractivity contribution in [3.05, 3.63) is 54.0 Å². The first-order chi connectivity index (χ1) is 25.5. The Morgan fingerprint density at radius 2 is 1.38 bits per heavy atom. The molecule has 3 aliphatic heterocycles. The monoisotopic (exact) mass is 746 g/mol. The molecule has 14 nitrogen and oxygen atoms in total. The summed E-state index contributed by atoms with van der Waals surface area (Å²) in [5.41, 5.74) is 3.10. The number of methoxy groups -OCH3 is 2. The Labute approximate surface area is 314 Å². The summed E-state index contributed by atoms with van der Waals surface area (Å²) in [6, 6.07) is 11.0. The topological polar surface area (TPSA) is 170 Å². The molecule has 1 unspecified atom stereocenters. The lowest BCUT2D eigenvalue weighted by molar-refractivity contribution is -0.135. The Kier molecular flexibility index (Phi) is 11.7. The molecule has 0 aliphatic carbocycles. The van der Waals surface area contributed by atoms with Gasteiger partial charge in [-0.15, -0.1) is 11.3 Å². The number of imidazole rings is 1. The van der Waals surface area contributed by atoms with Gasteiger partial charge in [-0.3, -0.25) is 14.6 Å². The number of aliphatic imine (C=N–C) groups is 1. The zero-order valence-electron chi connectivity index (χ0n) is 31.2. The third-order valence-electron chi connectivity index (χ3n) is 10.3. The smallest absolute Gasteiger partial charge is 0.407 e. The van der Waals surface area contributed by atoms with Gasteiger partial charge in [0.25, 0.3) is 0 Å². The number of carbonyl (C=O) groups excluding carboxylic acids is 4. The minimum Gasteiger partial charge on any atom is -0.453 e. The van der Waals surface area contributed by atoms with Gasteiger partial charge in [0.15, 0.2) is 0 Å². The van der Waals surface area contributed by atoms with Crippen LogP contribution in [0.2, 0.25) is 0 Å². The van der Waals surface area contributed by atoms with Crippen molar-refractivity contribution in [3.63, 3.8) is 0 Å². The molecular weight excluding hydrogens is 697 g/mol. The van der Waals surface area contributed by atoms with Crippen molar-refractivity contribution < 1.29 is 28.7 Å². The molecule has 5 heterocycles. The number of amides is 4. The Morgan fingerprint density at radius 3 is 1.96 bits per heavy atom. The van der Waals surface area contributed by atoms with Gasteiger partial charge in [-0.05, 0) is 60.8 Å². The van der Waals surface area contributed by atoms with Gasteiger partial charge in [0.05, 0.1) is 55.7 Å². The zero-order valence-corrected chi connectivity index (χ0v) is 32.0. The van der Waals surface area contributed by atoms with Crippen molar-refractivity contribution in [2.75, 3.05) is 33.9 Å². The lowest BCUT2D eigenvalue weighted by atomic mass is 10.0. The Balaban J connectivity index is 1.08. The van der Waals surface area contributed by atoms with Crippen LogP contribution >= 0.6 is 11.3 Å². The van der Waals surface area contributed by atoms with Gasteiger partial charge in [-0.25, -0.2) is 14.6 Å². The number of H-pyrrole nitrogens is 1. The van der Waals surface area contributed by atoms with Crippen LogP contribution in [-0.2, 0) is 19.1 Å². The van der Waals surface area contributed by atoms with E-state index in [1.807, 2.05) is 43.7 Å². The molecule has 15 heteroatoms. The average Bonchev–Trinajstić information content (AvgIpc) is 4.00. The molecule has 6 rings (SSSR count). The summed E-state index contributed by atoms with van der Waals surface area (Å²) in [6.45, 7) is 9.42. The van der Waals surface area contributed by atoms with E-state index in [9.17, 15) is 19.2 Å². The number of alkyl carbamates (subject to hydrolysis) is 2. The number of aromatic amines is 1. The summed E-state index contributed by atoms with van der Waals surface area (Å²) in [5, 5.41) is 8.99. The van der Waals surface area contributed by atoms with Crippen molar-refractivity contribution >= 4 is 41.2 Å². The second-order valence-corrected chi connectivity index (χ2v) is 15.6. The van der Waals surface area contributed by atoms with Crippen molar-refractivity contribution in [2.24, 2.45) is 16.8 Å². The first-order valence-corrected chi connectivity index (χ1v) is 19.2. The summed E-state index contributed by atoms with van der Waals surface area (Å²) in [5.74, 6) is 1.10. The van der Waals surface area contributed by atoms with E-state index in [0.29, 0.717) is 19.6 Å². The fourth-order valence-corrected chi connectivity index (χ4v) is 8.36. The highest BCUT2D eigenvalue weighted by Crippen LogP contribution is 2.37. The number of ether oxygens (including phenoxy) is 2. The highest BCUT2D eigenvalue weighted by atomic mass is 32.1. The summed E-state index contributed by atoms with van der Waals surface area (Å²) in [7, 11) is 2.59. The van der Waals surface area contributed by atoms with E-state index >= 15 is 0 Å². The van der Waals surface area contributed by atoms with Gasteiger partial charge in [-0.2, -0.15) is 0 Å². The van der Waals surface area contributed by atoms with Gasteiger partial charge >= 0.3 is 12.2 Å². The fraction of sp³-hybridized carbons (Fsp3) is 0.526. The lowest BCUT2D eigenvalue weighted by Gasteiger charge is -2.31. The number of thiophene rings is 1. The highest BCUT2D eigenvalue weighted by Gasteiger charge is 2.40. The maximum Gasteiger partial charge on any atom is 0.407 e. The van der Waals surface area contributed by atoms with Gasteiger partial charge in [-0.1, -0.05) is 52.0 Å². The van der Waals surface area contributed by atoms with Crippen molar-refractivity contribution in [1.29, 1.82) is 0 Å². The molecule has 2 fully saturated rings. The molecule has 1 aromatic carbocycles. The third kappa shape index (κ3) is 8.19. The maximum absolute atomic E-state index is 13.5. The minimum atomic E-state index is -0.683. The first-order valence-electron chi connectivity index (χ1n) is 18.3. The van der Waals surface area contributed by atoms with Crippen LogP contribution in [0.3, 0.4) is 0 Å². The van der Waals surface area contributed by atoms with E-state index in [1.54, 1.807) is 11.3 Å². The van der Waals surface area contributed by atoms with Gasteiger partial charge in [0, 0.05) is 18.0 Å². The SMILES string of the molecule is COC(=O)N[C@H](C(=O)N1CCC[C@H]1C1=NCC(c2ccc(-c3ccc(-c4cnc([C@@H]5CCCN5C(=O)[C@@H](NC(=O)OC)C(C)C)[nH]4)s3)cc2)N1)C(C)C. The number of amidine groups is 1. The molecule has 4 N–H and O–H groups in total. The number of carbonyl (C=O) groups is 4. The predicted octanol–water partition coefficient (Wildman–Crippen LogP) is 5.26. The van der Waals surface area contributed by atoms with Crippen LogP contribution < -0.4 is 16.0 Å². The quantitative estimate of drug-likeness (QED) is 0.206. The molecule has 0 saturated carbocycles. The molecule has 2 aromatic heterocycles.